The van der Waals surface area contributed by atoms with E-state index >= 15 is 0 Å². The Morgan fingerprint density at radius 3 is 2.36 bits per heavy atom. The van der Waals surface area contributed by atoms with E-state index < -0.39 is 41.4 Å². The standard InChI is InChI=1S/C7H3F5O2/c8-2-1-7(12,6(13)14)5(11)4(10)3(2)9/h1,5H,(H,13,14). The van der Waals surface area contributed by atoms with Crippen LogP contribution in [-0.4, -0.2) is 22.9 Å². The van der Waals surface area contributed by atoms with Gasteiger partial charge in [-0.25, -0.2) is 26.7 Å². The molecule has 0 heterocycles. The Labute approximate surface area is 74.3 Å². The van der Waals surface area contributed by atoms with Crippen molar-refractivity contribution in [2.24, 2.45) is 0 Å². The molecule has 1 aliphatic carbocycles. The van der Waals surface area contributed by atoms with Crippen molar-refractivity contribution < 1.29 is 31.9 Å². The highest BCUT2D eigenvalue weighted by Gasteiger charge is 2.53. The highest BCUT2D eigenvalue weighted by Crippen LogP contribution is 2.38. The summed E-state index contributed by atoms with van der Waals surface area (Å²) in [7, 11) is 0. The molecular formula is C7H3F5O2. The van der Waals surface area contributed by atoms with Gasteiger partial charge in [0.1, 0.15) is 0 Å². The van der Waals surface area contributed by atoms with Gasteiger partial charge >= 0.3 is 5.97 Å². The lowest BCUT2D eigenvalue weighted by molar-refractivity contribution is -0.151. The molecule has 1 N–H and O–H groups in total. The van der Waals surface area contributed by atoms with Crippen molar-refractivity contribution in [2.75, 3.05) is 0 Å². The molecule has 0 bridgehead atoms. The van der Waals surface area contributed by atoms with Crippen LogP contribution in [0.15, 0.2) is 23.6 Å². The summed E-state index contributed by atoms with van der Waals surface area (Å²) in [6.07, 6.45) is -3.82. The van der Waals surface area contributed by atoms with Crippen molar-refractivity contribution in [3.8, 4) is 0 Å². The molecule has 0 saturated carbocycles. The highest BCUT2D eigenvalue weighted by atomic mass is 19.2. The average Bonchev–Trinajstić information content (AvgIpc) is 2.11. The fraction of sp³-hybridized carbons (Fsp3) is 0.286. The first-order valence-corrected chi connectivity index (χ1v) is 3.31. The molecule has 0 fully saturated rings. The number of allylic oxidation sites excluding steroid dienone is 3. The molecule has 14 heavy (non-hydrogen) atoms. The van der Waals surface area contributed by atoms with E-state index in [2.05, 4.69) is 0 Å². The zero-order chi connectivity index (χ0) is 11.1. The molecule has 0 spiro atoms. The van der Waals surface area contributed by atoms with E-state index in [1.54, 1.807) is 0 Å². The fourth-order valence-electron chi connectivity index (χ4n) is 0.901. The molecule has 78 valence electrons. The molecule has 1 rings (SSSR count). The van der Waals surface area contributed by atoms with Gasteiger partial charge in [0, 0.05) is 6.08 Å². The summed E-state index contributed by atoms with van der Waals surface area (Å²) in [4.78, 5) is 10.1. The second-order valence-electron chi connectivity index (χ2n) is 2.59. The monoisotopic (exact) mass is 214 g/mol. The van der Waals surface area contributed by atoms with Crippen LogP contribution in [0.5, 0.6) is 0 Å². The van der Waals surface area contributed by atoms with E-state index in [-0.39, 0.29) is 0 Å². The second-order valence-corrected chi connectivity index (χ2v) is 2.59. The van der Waals surface area contributed by atoms with E-state index in [1.807, 2.05) is 0 Å². The van der Waals surface area contributed by atoms with Crippen molar-refractivity contribution in [3.05, 3.63) is 23.6 Å². The number of rotatable bonds is 1. The van der Waals surface area contributed by atoms with Crippen LogP contribution in [0, 0.1) is 0 Å². The Balaban J connectivity index is 3.27. The molecule has 0 aromatic carbocycles. The molecule has 2 nitrogen and oxygen atoms in total. The summed E-state index contributed by atoms with van der Waals surface area (Å²) in [5.41, 5.74) is -3.90. The summed E-state index contributed by atoms with van der Waals surface area (Å²) in [5, 5.41) is 8.15. The zero-order valence-corrected chi connectivity index (χ0v) is 6.40. The Kier molecular flexibility index (Phi) is 2.34. The van der Waals surface area contributed by atoms with Crippen LogP contribution in [-0.2, 0) is 4.79 Å². The third kappa shape index (κ3) is 1.28. The van der Waals surface area contributed by atoms with Crippen molar-refractivity contribution in [1.82, 2.24) is 0 Å². The number of alkyl halides is 2. The van der Waals surface area contributed by atoms with E-state index in [0.29, 0.717) is 0 Å². The van der Waals surface area contributed by atoms with Crippen LogP contribution >= 0.6 is 0 Å². The first-order valence-electron chi connectivity index (χ1n) is 3.31. The van der Waals surface area contributed by atoms with Crippen molar-refractivity contribution in [2.45, 2.75) is 11.8 Å². The predicted molar refractivity (Wildman–Crippen MR) is 34.8 cm³/mol. The Bertz CT molecular complexity index is 348. The van der Waals surface area contributed by atoms with Crippen LogP contribution in [0.2, 0.25) is 0 Å². The first-order chi connectivity index (χ1) is 6.30. The van der Waals surface area contributed by atoms with Crippen LogP contribution in [0.1, 0.15) is 0 Å². The molecule has 0 amide bonds. The van der Waals surface area contributed by atoms with Gasteiger partial charge in [-0.1, -0.05) is 0 Å². The number of halogens is 5. The summed E-state index contributed by atoms with van der Waals surface area (Å²) >= 11 is 0. The van der Waals surface area contributed by atoms with Crippen LogP contribution < -0.4 is 0 Å². The number of hydrogen-bond acceptors (Lipinski definition) is 1. The van der Waals surface area contributed by atoms with E-state index in [9.17, 15) is 26.7 Å². The quantitative estimate of drug-likeness (QED) is 0.679. The lowest BCUT2D eigenvalue weighted by atomic mass is 9.93. The molecular weight excluding hydrogens is 211 g/mol. The number of carbonyl (C=O) groups is 1. The Morgan fingerprint density at radius 1 is 1.43 bits per heavy atom. The lowest BCUT2D eigenvalue weighted by Gasteiger charge is -2.23. The summed E-state index contributed by atoms with van der Waals surface area (Å²) in [6.45, 7) is 0. The van der Waals surface area contributed by atoms with E-state index in [4.69, 9.17) is 5.11 Å². The molecule has 7 heteroatoms. The van der Waals surface area contributed by atoms with Crippen LogP contribution in [0.25, 0.3) is 0 Å². The minimum atomic E-state index is -3.90. The second kappa shape index (κ2) is 3.07. The minimum Gasteiger partial charge on any atom is -0.479 e. The Hall–Kier alpha value is -1.40. The molecule has 0 radical (unpaired) electrons. The van der Waals surface area contributed by atoms with Gasteiger partial charge in [-0.3, -0.25) is 0 Å². The molecule has 0 aliphatic heterocycles. The Morgan fingerprint density at radius 2 is 1.93 bits per heavy atom. The number of carboxylic acid groups (broad SMARTS) is 1. The largest absolute Gasteiger partial charge is 0.479 e. The van der Waals surface area contributed by atoms with Gasteiger partial charge in [-0.2, -0.15) is 0 Å². The first kappa shape index (κ1) is 10.7. The molecule has 2 atom stereocenters. The summed E-state index contributed by atoms with van der Waals surface area (Å²) in [5.74, 6) is -9.11. The molecule has 2 unspecified atom stereocenters. The van der Waals surface area contributed by atoms with Crippen LogP contribution in [0.4, 0.5) is 22.0 Å². The van der Waals surface area contributed by atoms with E-state index in [0.717, 1.165) is 0 Å². The minimum absolute atomic E-state index is 0.446. The van der Waals surface area contributed by atoms with Crippen molar-refractivity contribution in [1.29, 1.82) is 0 Å². The van der Waals surface area contributed by atoms with Gasteiger partial charge in [0.2, 0.25) is 6.17 Å². The van der Waals surface area contributed by atoms with Gasteiger partial charge in [-0.05, 0) is 0 Å². The number of carboxylic acids is 1. The highest BCUT2D eigenvalue weighted by molar-refractivity contribution is 5.82. The SMILES string of the molecule is O=C(O)C1(F)C=C(F)C(F)=C(F)C1F. The topological polar surface area (TPSA) is 37.3 Å². The van der Waals surface area contributed by atoms with Gasteiger partial charge in [0.25, 0.3) is 5.67 Å². The molecule has 0 saturated heterocycles. The normalized spacial score (nSPS) is 32.9. The maximum Gasteiger partial charge on any atom is 0.349 e. The maximum absolute atomic E-state index is 13.0. The third-order valence-electron chi connectivity index (χ3n) is 1.68. The average molecular weight is 214 g/mol. The lowest BCUT2D eigenvalue weighted by Crippen LogP contribution is -2.44. The summed E-state index contributed by atoms with van der Waals surface area (Å²) in [6, 6.07) is 0. The maximum atomic E-state index is 13.0. The van der Waals surface area contributed by atoms with E-state index in [1.165, 1.54) is 0 Å². The fourth-order valence-corrected chi connectivity index (χ4v) is 0.901. The number of aliphatic carboxylic acids is 1. The molecule has 0 aromatic rings. The van der Waals surface area contributed by atoms with Crippen molar-refractivity contribution >= 4 is 5.97 Å². The third-order valence-corrected chi connectivity index (χ3v) is 1.68. The number of hydrogen-bond donors (Lipinski definition) is 1. The smallest absolute Gasteiger partial charge is 0.349 e. The van der Waals surface area contributed by atoms with Gasteiger partial charge in [0.15, 0.2) is 17.5 Å². The molecule has 0 aromatic heterocycles. The molecule has 1 aliphatic rings. The van der Waals surface area contributed by atoms with Gasteiger partial charge in [-0.15, -0.1) is 0 Å². The van der Waals surface area contributed by atoms with Gasteiger partial charge in [0.05, 0.1) is 0 Å². The van der Waals surface area contributed by atoms with Gasteiger partial charge < -0.3 is 5.11 Å². The van der Waals surface area contributed by atoms with Crippen molar-refractivity contribution in [3.63, 3.8) is 0 Å². The predicted octanol–water partition coefficient (Wildman–Crippen LogP) is 2.14. The zero-order valence-electron chi connectivity index (χ0n) is 6.40. The summed E-state index contributed by atoms with van der Waals surface area (Å²) < 4.78 is 62.8. The van der Waals surface area contributed by atoms with Crippen LogP contribution in [0.3, 0.4) is 0 Å².